The zero-order valence-electron chi connectivity index (χ0n) is 29.7. The predicted molar refractivity (Wildman–Crippen MR) is 227 cm³/mol. The molecule has 0 atom stereocenters. The average molecular weight is 705 g/mol. The van der Waals surface area contributed by atoms with E-state index >= 15 is 0 Å². The van der Waals surface area contributed by atoms with Gasteiger partial charge >= 0.3 is 0 Å². The molecule has 4 heteroatoms. The molecule has 11 rings (SSSR count). The van der Waals surface area contributed by atoms with Crippen molar-refractivity contribution in [3.63, 3.8) is 0 Å². The van der Waals surface area contributed by atoms with Crippen LogP contribution in [0.3, 0.4) is 0 Å². The molecule has 2 aromatic heterocycles. The number of rotatable bonds is 6. The molecule has 258 valence electrons. The smallest absolute Gasteiger partial charge is 0.227 e. The van der Waals surface area contributed by atoms with Crippen molar-refractivity contribution < 1.29 is 8.83 Å². The van der Waals surface area contributed by atoms with E-state index in [0.29, 0.717) is 5.89 Å². The summed E-state index contributed by atoms with van der Waals surface area (Å²) in [6.45, 7) is 0. The number of hydrogen-bond donors (Lipinski definition) is 0. The quantitative estimate of drug-likeness (QED) is 0.162. The summed E-state index contributed by atoms with van der Waals surface area (Å²) in [7, 11) is 0. The molecule has 0 unspecified atom stereocenters. The molecule has 0 aliphatic carbocycles. The second kappa shape index (κ2) is 12.6. The summed E-state index contributed by atoms with van der Waals surface area (Å²) < 4.78 is 12.9. The summed E-state index contributed by atoms with van der Waals surface area (Å²) in [4.78, 5) is 7.22. The lowest BCUT2D eigenvalue weighted by Crippen LogP contribution is -2.09. The van der Waals surface area contributed by atoms with Crippen molar-refractivity contribution in [3.8, 4) is 33.7 Å². The predicted octanol–water partition coefficient (Wildman–Crippen LogP) is 14.5. The van der Waals surface area contributed by atoms with Crippen LogP contribution in [0, 0.1) is 0 Å². The highest BCUT2D eigenvalue weighted by atomic mass is 16.3. The van der Waals surface area contributed by atoms with Crippen LogP contribution in [0.25, 0.3) is 88.3 Å². The third-order valence-electron chi connectivity index (χ3n) is 10.7. The van der Waals surface area contributed by atoms with Gasteiger partial charge in [0.2, 0.25) is 5.89 Å². The summed E-state index contributed by atoms with van der Waals surface area (Å²) in [5.41, 5.74) is 12.1. The largest absolute Gasteiger partial charge is 0.456 e. The Bertz CT molecular complexity index is 3180. The fourth-order valence-corrected chi connectivity index (χ4v) is 8.03. The van der Waals surface area contributed by atoms with Crippen molar-refractivity contribution in [3.05, 3.63) is 194 Å². The summed E-state index contributed by atoms with van der Waals surface area (Å²) >= 11 is 0. The number of para-hydroxylation sites is 2. The number of nitrogens with zero attached hydrogens (tertiary/aromatic N) is 2. The molecule has 0 saturated carbocycles. The topological polar surface area (TPSA) is 42.4 Å². The van der Waals surface area contributed by atoms with Crippen LogP contribution in [-0.2, 0) is 0 Å². The van der Waals surface area contributed by atoms with E-state index in [0.717, 1.165) is 99.5 Å². The van der Waals surface area contributed by atoms with Gasteiger partial charge in [0.15, 0.2) is 5.58 Å². The third-order valence-corrected chi connectivity index (χ3v) is 10.7. The summed E-state index contributed by atoms with van der Waals surface area (Å²) in [6.07, 6.45) is 0. The Morgan fingerprint density at radius 3 is 1.78 bits per heavy atom. The second-order valence-corrected chi connectivity index (χ2v) is 13.9. The Morgan fingerprint density at radius 2 is 0.982 bits per heavy atom. The van der Waals surface area contributed by atoms with Gasteiger partial charge in [-0.2, -0.15) is 0 Å². The Morgan fingerprint density at radius 1 is 0.382 bits per heavy atom. The molecule has 0 aliphatic heterocycles. The van der Waals surface area contributed by atoms with E-state index < -0.39 is 0 Å². The molecule has 0 N–H and O–H groups in total. The van der Waals surface area contributed by atoms with Crippen LogP contribution in [-0.4, -0.2) is 4.98 Å². The Labute approximate surface area is 317 Å². The van der Waals surface area contributed by atoms with E-state index in [9.17, 15) is 0 Å². The highest BCUT2D eigenvalue weighted by Gasteiger charge is 2.19. The van der Waals surface area contributed by atoms with Gasteiger partial charge in [-0.15, -0.1) is 0 Å². The molecule has 4 nitrogen and oxygen atoms in total. The zero-order chi connectivity index (χ0) is 36.3. The number of furan rings is 1. The Hall–Kier alpha value is -7.43. The lowest BCUT2D eigenvalue weighted by Gasteiger charge is -2.26. The fourth-order valence-electron chi connectivity index (χ4n) is 8.03. The molecule has 0 radical (unpaired) electrons. The summed E-state index contributed by atoms with van der Waals surface area (Å²) in [6, 6.07) is 68.1. The maximum absolute atomic E-state index is 6.56. The summed E-state index contributed by atoms with van der Waals surface area (Å²) in [5.74, 6) is 0.623. The first-order chi connectivity index (χ1) is 27.2. The molecule has 0 spiro atoms. The molecule has 55 heavy (non-hydrogen) atoms. The minimum absolute atomic E-state index is 0.623. The van der Waals surface area contributed by atoms with Crippen molar-refractivity contribution in [2.75, 3.05) is 4.90 Å². The standard InChI is InChI=1S/C51H32N2O2/c1-4-12-33(13-5-1)43-32-48-45(41-18-10-11-19-47(41)54-48)31-42(43)34-22-26-39(27-23-34)53(38-16-8-3-9-17-38)40-28-24-35-20-21-36-25-29-46-50(49(36)44(35)30-40)55-51(52-46)37-14-6-2-7-15-37/h1-32H. The van der Waals surface area contributed by atoms with Gasteiger partial charge in [-0.05, 0) is 111 Å². The molecule has 0 fully saturated rings. The summed E-state index contributed by atoms with van der Waals surface area (Å²) in [5, 5.41) is 6.65. The fraction of sp³-hybridized carbons (Fsp3) is 0. The van der Waals surface area contributed by atoms with Crippen LogP contribution in [0.2, 0.25) is 0 Å². The van der Waals surface area contributed by atoms with Crippen LogP contribution in [0.15, 0.2) is 203 Å². The number of oxazole rings is 1. The zero-order valence-corrected chi connectivity index (χ0v) is 29.7. The normalized spacial score (nSPS) is 11.6. The molecule has 0 bridgehead atoms. The van der Waals surface area contributed by atoms with Crippen molar-refractivity contribution in [2.45, 2.75) is 0 Å². The first-order valence-corrected chi connectivity index (χ1v) is 18.5. The van der Waals surface area contributed by atoms with Gasteiger partial charge in [-0.25, -0.2) is 4.98 Å². The van der Waals surface area contributed by atoms with Crippen LogP contribution in [0.5, 0.6) is 0 Å². The van der Waals surface area contributed by atoms with E-state index in [2.05, 4.69) is 157 Å². The van der Waals surface area contributed by atoms with Crippen molar-refractivity contribution in [2.24, 2.45) is 0 Å². The van der Waals surface area contributed by atoms with Gasteiger partial charge in [-0.3, -0.25) is 0 Å². The van der Waals surface area contributed by atoms with E-state index in [1.807, 2.05) is 42.5 Å². The molecular formula is C51H32N2O2. The first kappa shape index (κ1) is 31.1. The Kier molecular flexibility index (Phi) is 7.14. The number of hydrogen-bond acceptors (Lipinski definition) is 4. The van der Waals surface area contributed by atoms with Gasteiger partial charge in [-0.1, -0.05) is 121 Å². The molecule has 9 aromatic carbocycles. The molecule has 0 saturated heterocycles. The molecule has 11 aromatic rings. The minimum atomic E-state index is 0.623. The van der Waals surface area contributed by atoms with Gasteiger partial charge in [0.25, 0.3) is 0 Å². The van der Waals surface area contributed by atoms with E-state index in [1.165, 1.54) is 0 Å². The van der Waals surface area contributed by atoms with Gasteiger partial charge in [0.1, 0.15) is 16.7 Å². The van der Waals surface area contributed by atoms with Crippen molar-refractivity contribution in [1.29, 1.82) is 0 Å². The second-order valence-electron chi connectivity index (χ2n) is 13.9. The molecular weight excluding hydrogens is 673 g/mol. The van der Waals surface area contributed by atoms with E-state index in [4.69, 9.17) is 13.8 Å². The monoisotopic (exact) mass is 704 g/mol. The van der Waals surface area contributed by atoms with Crippen LogP contribution in [0.1, 0.15) is 0 Å². The molecule has 0 amide bonds. The molecule has 0 aliphatic rings. The highest BCUT2D eigenvalue weighted by molar-refractivity contribution is 6.18. The average Bonchev–Trinajstić information content (AvgIpc) is 3.86. The van der Waals surface area contributed by atoms with Gasteiger partial charge in [0.05, 0.1) is 0 Å². The maximum Gasteiger partial charge on any atom is 0.227 e. The van der Waals surface area contributed by atoms with Crippen LogP contribution < -0.4 is 4.90 Å². The SMILES string of the molecule is c1ccc(-c2nc3ccc4ccc5ccc(N(c6ccccc6)c6ccc(-c7cc8c(cc7-c7ccccc7)oc7ccccc78)cc6)cc5c4c3o2)cc1. The number of benzene rings is 9. The van der Waals surface area contributed by atoms with Crippen molar-refractivity contribution in [1.82, 2.24) is 4.98 Å². The number of anilines is 3. The first-order valence-electron chi connectivity index (χ1n) is 18.5. The minimum Gasteiger partial charge on any atom is -0.456 e. The Balaban J connectivity index is 1.07. The van der Waals surface area contributed by atoms with Crippen LogP contribution in [0.4, 0.5) is 17.1 Å². The van der Waals surface area contributed by atoms with Gasteiger partial charge in [0, 0.05) is 38.8 Å². The number of fused-ring (bicyclic) bond motifs is 8. The lowest BCUT2D eigenvalue weighted by atomic mass is 9.92. The van der Waals surface area contributed by atoms with Gasteiger partial charge < -0.3 is 13.7 Å². The maximum atomic E-state index is 6.56. The number of aromatic nitrogens is 1. The molecule has 2 heterocycles. The van der Waals surface area contributed by atoms with E-state index in [-0.39, 0.29) is 0 Å². The third kappa shape index (κ3) is 5.26. The van der Waals surface area contributed by atoms with Crippen molar-refractivity contribution >= 4 is 71.6 Å². The lowest BCUT2D eigenvalue weighted by molar-refractivity contribution is 0.623. The van der Waals surface area contributed by atoms with Crippen LogP contribution >= 0.6 is 0 Å². The van der Waals surface area contributed by atoms with E-state index in [1.54, 1.807) is 0 Å². The highest BCUT2D eigenvalue weighted by Crippen LogP contribution is 2.43.